The first kappa shape index (κ1) is 16.0. The minimum atomic E-state index is -0.294. The van der Waals surface area contributed by atoms with Gasteiger partial charge in [0.15, 0.2) is 10.9 Å². The summed E-state index contributed by atoms with van der Waals surface area (Å²) in [5, 5.41) is 7.39. The molecule has 25 heavy (non-hydrogen) atoms. The molecule has 6 nitrogen and oxygen atoms in total. The number of carbonyl (C=O) groups is 1. The Bertz CT molecular complexity index is 914. The molecule has 2 aromatic heterocycles. The van der Waals surface area contributed by atoms with Gasteiger partial charge in [0.25, 0.3) is 0 Å². The molecule has 0 spiro atoms. The van der Waals surface area contributed by atoms with Crippen LogP contribution in [-0.2, 0) is 4.79 Å². The normalized spacial score (nSPS) is 15.7. The Morgan fingerprint density at radius 3 is 2.88 bits per heavy atom. The molecule has 0 bridgehead atoms. The SMILES string of the molecule is Cc1cc(NC(=O)C2CCN(c3nc4c(F)cccc4s3)CC2)no1. The van der Waals surface area contributed by atoms with Gasteiger partial charge in [0, 0.05) is 25.1 Å². The number of fused-ring (bicyclic) bond motifs is 1. The van der Waals surface area contributed by atoms with E-state index in [1.54, 1.807) is 19.1 Å². The zero-order chi connectivity index (χ0) is 17.4. The summed E-state index contributed by atoms with van der Waals surface area (Å²) in [5.74, 6) is 0.708. The van der Waals surface area contributed by atoms with E-state index in [-0.39, 0.29) is 17.6 Å². The lowest BCUT2D eigenvalue weighted by atomic mass is 9.96. The number of para-hydroxylation sites is 1. The molecule has 1 amide bonds. The molecule has 1 aliphatic rings. The minimum Gasteiger partial charge on any atom is -0.360 e. The van der Waals surface area contributed by atoms with Crippen molar-refractivity contribution in [1.82, 2.24) is 10.1 Å². The van der Waals surface area contributed by atoms with Gasteiger partial charge in [-0.3, -0.25) is 4.79 Å². The van der Waals surface area contributed by atoms with Crippen LogP contribution in [0, 0.1) is 18.7 Å². The van der Waals surface area contributed by atoms with Crippen LogP contribution in [0.1, 0.15) is 18.6 Å². The van der Waals surface area contributed by atoms with E-state index in [0.29, 0.717) is 17.1 Å². The third kappa shape index (κ3) is 3.21. The van der Waals surface area contributed by atoms with Crippen molar-refractivity contribution in [3.8, 4) is 0 Å². The number of thiazole rings is 1. The number of nitrogens with one attached hydrogen (secondary N) is 1. The van der Waals surface area contributed by atoms with Crippen LogP contribution in [-0.4, -0.2) is 29.1 Å². The predicted octanol–water partition coefficient (Wildman–Crippen LogP) is 3.59. The number of hydrogen-bond donors (Lipinski definition) is 1. The van der Waals surface area contributed by atoms with Gasteiger partial charge in [-0.1, -0.05) is 22.6 Å². The molecule has 1 aliphatic heterocycles. The summed E-state index contributed by atoms with van der Waals surface area (Å²) in [6.07, 6.45) is 1.45. The molecule has 0 atom stereocenters. The second kappa shape index (κ2) is 6.44. The molecular weight excluding hydrogens is 343 g/mol. The monoisotopic (exact) mass is 360 g/mol. The largest absolute Gasteiger partial charge is 0.360 e. The smallest absolute Gasteiger partial charge is 0.228 e. The van der Waals surface area contributed by atoms with E-state index in [0.717, 1.165) is 35.8 Å². The Hall–Kier alpha value is -2.48. The maximum Gasteiger partial charge on any atom is 0.228 e. The van der Waals surface area contributed by atoms with E-state index >= 15 is 0 Å². The Balaban J connectivity index is 1.40. The highest BCUT2D eigenvalue weighted by Crippen LogP contribution is 2.32. The molecule has 0 aliphatic carbocycles. The van der Waals surface area contributed by atoms with Gasteiger partial charge in [0.1, 0.15) is 17.1 Å². The van der Waals surface area contributed by atoms with Gasteiger partial charge < -0.3 is 14.7 Å². The van der Waals surface area contributed by atoms with Crippen LogP contribution in [0.2, 0.25) is 0 Å². The molecule has 130 valence electrons. The van der Waals surface area contributed by atoms with E-state index in [1.807, 2.05) is 6.07 Å². The number of rotatable bonds is 3. The Morgan fingerprint density at radius 2 is 2.20 bits per heavy atom. The van der Waals surface area contributed by atoms with Gasteiger partial charge in [-0.2, -0.15) is 0 Å². The average molecular weight is 360 g/mol. The summed E-state index contributed by atoms with van der Waals surface area (Å²) >= 11 is 1.48. The van der Waals surface area contributed by atoms with E-state index in [1.165, 1.54) is 17.4 Å². The van der Waals surface area contributed by atoms with E-state index in [2.05, 4.69) is 20.4 Å². The molecule has 4 rings (SSSR count). The van der Waals surface area contributed by atoms with Crippen molar-refractivity contribution >= 4 is 38.4 Å². The standard InChI is InChI=1S/C17H17FN4O2S/c1-10-9-14(21-24-10)19-16(23)11-5-7-22(8-6-11)17-20-15-12(18)3-2-4-13(15)25-17/h2-4,9,11H,5-8H2,1H3,(H,19,21,23). The summed E-state index contributed by atoms with van der Waals surface area (Å²) in [5.41, 5.74) is 0.420. The highest BCUT2D eigenvalue weighted by molar-refractivity contribution is 7.22. The zero-order valence-corrected chi connectivity index (χ0v) is 14.5. The highest BCUT2D eigenvalue weighted by Gasteiger charge is 2.27. The maximum absolute atomic E-state index is 13.8. The molecule has 0 unspecified atom stereocenters. The number of halogens is 1. The summed E-state index contributed by atoms with van der Waals surface area (Å²) < 4.78 is 19.6. The molecule has 0 saturated carbocycles. The number of piperidine rings is 1. The van der Waals surface area contributed by atoms with Crippen molar-refractivity contribution in [1.29, 1.82) is 0 Å². The van der Waals surface area contributed by atoms with Crippen LogP contribution in [0.4, 0.5) is 15.3 Å². The van der Waals surface area contributed by atoms with Crippen LogP contribution in [0.3, 0.4) is 0 Å². The summed E-state index contributed by atoms with van der Waals surface area (Å²) in [6.45, 7) is 3.22. The molecule has 3 heterocycles. The number of aromatic nitrogens is 2. The predicted molar refractivity (Wildman–Crippen MR) is 94.4 cm³/mol. The summed E-state index contributed by atoms with van der Waals surface area (Å²) in [6, 6.07) is 6.69. The fourth-order valence-corrected chi connectivity index (χ4v) is 4.06. The van der Waals surface area contributed by atoms with Crippen molar-refractivity contribution in [2.24, 2.45) is 5.92 Å². The number of benzene rings is 1. The van der Waals surface area contributed by atoms with Gasteiger partial charge in [-0.25, -0.2) is 9.37 Å². The third-order valence-corrected chi connectivity index (χ3v) is 5.46. The van der Waals surface area contributed by atoms with Crippen molar-refractivity contribution in [3.05, 3.63) is 35.8 Å². The molecule has 3 aromatic rings. The molecule has 1 N–H and O–H groups in total. The van der Waals surface area contributed by atoms with E-state index < -0.39 is 0 Å². The average Bonchev–Trinajstić information content (AvgIpc) is 3.22. The maximum atomic E-state index is 13.8. The van der Waals surface area contributed by atoms with Crippen LogP contribution in [0.15, 0.2) is 28.8 Å². The number of amides is 1. The molecule has 8 heteroatoms. The zero-order valence-electron chi connectivity index (χ0n) is 13.7. The lowest BCUT2D eigenvalue weighted by Crippen LogP contribution is -2.38. The molecule has 1 aromatic carbocycles. The van der Waals surface area contributed by atoms with Gasteiger partial charge in [0.2, 0.25) is 5.91 Å². The Morgan fingerprint density at radius 1 is 1.40 bits per heavy atom. The number of hydrogen-bond acceptors (Lipinski definition) is 6. The van der Waals surface area contributed by atoms with Crippen molar-refractivity contribution in [2.75, 3.05) is 23.3 Å². The Labute approximate surface area is 147 Å². The highest BCUT2D eigenvalue weighted by atomic mass is 32.1. The fraction of sp³-hybridized carbons (Fsp3) is 0.353. The van der Waals surface area contributed by atoms with Gasteiger partial charge in [-0.15, -0.1) is 0 Å². The first-order valence-corrected chi connectivity index (χ1v) is 8.96. The minimum absolute atomic E-state index is 0.0386. The lowest BCUT2D eigenvalue weighted by Gasteiger charge is -2.30. The van der Waals surface area contributed by atoms with Gasteiger partial charge in [-0.05, 0) is 31.9 Å². The van der Waals surface area contributed by atoms with E-state index in [4.69, 9.17) is 4.52 Å². The number of aryl methyl sites for hydroxylation is 1. The summed E-state index contributed by atoms with van der Waals surface area (Å²) in [7, 11) is 0. The number of nitrogens with zero attached hydrogens (tertiary/aromatic N) is 3. The van der Waals surface area contributed by atoms with Crippen LogP contribution >= 0.6 is 11.3 Å². The lowest BCUT2D eigenvalue weighted by molar-refractivity contribution is -0.120. The van der Waals surface area contributed by atoms with Crippen LogP contribution < -0.4 is 10.2 Å². The molecule has 0 radical (unpaired) electrons. The quantitative estimate of drug-likeness (QED) is 0.773. The second-order valence-electron chi connectivity index (χ2n) is 6.16. The topological polar surface area (TPSA) is 71.3 Å². The van der Waals surface area contributed by atoms with Gasteiger partial charge in [0.05, 0.1) is 4.70 Å². The third-order valence-electron chi connectivity index (χ3n) is 4.37. The van der Waals surface area contributed by atoms with Crippen LogP contribution in [0.5, 0.6) is 0 Å². The molecule has 1 saturated heterocycles. The first-order valence-electron chi connectivity index (χ1n) is 8.14. The van der Waals surface area contributed by atoms with Gasteiger partial charge >= 0.3 is 0 Å². The van der Waals surface area contributed by atoms with E-state index in [9.17, 15) is 9.18 Å². The number of anilines is 2. The fourth-order valence-electron chi connectivity index (χ4n) is 3.03. The molecule has 1 fully saturated rings. The second-order valence-corrected chi connectivity index (χ2v) is 7.17. The van der Waals surface area contributed by atoms with Crippen LogP contribution in [0.25, 0.3) is 10.2 Å². The van der Waals surface area contributed by atoms with Crippen molar-refractivity contribution < 1.29 is 13.7 Å². The van der Waals surface area contributed by atoms with Crippen molar-refractivity contribution in [3.63, 3.8) is 0 Å². The van der Waals surface area contributed by atoms with Crippen molar-refractivity contribution in [2.45, 2.75) is 19.8 Å². The summed E-state index contributed by atoms with van der Waals surface area (Å²) in [4.78, 5) is 18.9. The first-order chi connectivity index (χ1) is 12.1. The number of carbonyl (C=O) groups excluding carboxylic acids is 1. The molecular formula is C17H17FN4O2S. The Kier molecular flexibility index (Phi) is 4.12.